The van der Waals surface area contributed by atoms with E-state index in [9.17, 15) is 97.1 Å². The lowest BCUT2D eigenvalue weighted by Crippen LogP contribution is -2.62. The van der Waals surface area contributed by atoms with E-state index in [1.807, 2.05) is 0 Å². The number of H-pyrrole nitrogens is 1. The predicted molar refractivity (Wildman–Crippen MR) is 431 cm³/mol. The SMILES string of the molecule is CC[C@H](C)[C@H](NC(=O)[C@@H]1CCCN1C(=O)[C@H](Cc1cnc[nH]1)NC(=O)[C@H](CC(C)C)NC(=O)CNC(=O)[C@@H]1CCCN1C(=O)[C@@H](NC(=O)[C@H](Cc1ccccc1)NC(=O)[C@@H](N)CC(=O)O)[C@@H](C)CC)C(=O)N[C@@H](CC(C)C)C(=O)N[C@@H](CO)C(=O)N[C@@H](CC(C)C)C(=O)N[C@@H](CO)C(=O)N[C@@H](CCCCN)C(=O)N[C@@H](CCSC)C(=O)O. The van der Waals surface area contributed by atoms with Crippen molar-refractivity contribution in [3.05, 3.63) is 54.1 Å². The van der Waals surface area contributed by atoms with E-state index in [4.69, 9.17) is 11.5 Å². The minimum atomic E-state index is -1.74. The Morgan fingerprint density at radius 3 is 1.48 bits per heavy atom. The van der Waals surface area contributed by atoms with Crippen LogP contribution in [-0.4, -0.2) is 271 Å². The molecule has 4 rings (SSSR count). The Balaban J connectivity index is 1.48. The highest BCUT2D eigenvalue weighted by Gasteiger charge is 2.44. The summed E-state index contributed by atoms with van der Waals surface area (Å²) in [5.41, 5.74) is 12.6. The number of thioether (sulfide) groups is 1. The first-order valence-electron chi connectivity index (χ1n) is 40.3. The summed E-state index contributed by atoms with van der Waals surface area (Å²) in [4.78, 5) is 231. The van der Waals surface area contributed by atoms with Gasteiger partial charge in [-0.1, -0.05) is 112 Å². The van der Waals surface area contributed by atoms with Gasteiger partial charge in [-0.05, 0) is 124 Å². The highest BCUT2D eigenvalue weighted by atomic mass is 32.2. The number of benzene rings is 1. The van der Waals surface area contributed by atoms with Gasteiger partial charge in [-0.25, -0.2) is 9.78 Å². The number of amides is 14. The number of hydrogen-bond acceptors (Lipinski definition) is 22. The average molecular weight is 1670 g/mol. The number of rotatable bonds is 52. The van der Waals surface area contributed by atoms with Crippen LogP contribution >= 0.6 is 11.8 Å². The molecule has 1 aromatic carbocycles. The molecule has 0 unspecified atom stereocenters. The molecule has 1 aromatic heterocycles. The topological polar surface area (TPSA) is 586 Å². The molecule has 39 heteroatoms. The first kappa shape index (κ1) is 99.5. The number of likely N-dealkylation sites (tertiary alicyclic amines) is 2. The number of aromatic nitrogens is 2. The monoisotopic (exact) mass is 1670 g/mol. The van der Waals surface area contributed by atoms with Crippen LogP contribution in [0.4, 0.5) is 0 Å². The molecule has 0 radical (unpaired) electrons. The third kappa shape index (κ3) is 32.9. The standard InChI is InChI=1S/C78H126N18O20S/c1-12-45(9)63(75(112)89-54(33-44(7)8)69(106)92-58(40-98)72(109)88-53(32-43(5)6)68(105)91-57(39-97)71(108)85-50(23-17-18-27-79)66(103)86-51(78(115)116)26-30-117-11)93-74(111)60-25-20-28-95(60)76(113)56(35-48-37-81-41-83-48)90-67(104)52(31-42(3)4)84-61(99)38-82-73(110)59-24-19-29-96(59)77(114)64(46(10)13-2)94-70(107)55(34-47-21-15-14-16-22-47)87-65(102)49(80)36-62(100)101/h14-16,21-22,37,41-46,49-60,63-64,97-98H,12-13,17-20,23-36,38-40,79-80H2,1-11H3,(H,81,83)(H,82,110)(H,84,99)(H,85,108)(H,86,103)(H,87,102)(H,88,109)(H,89,112)(H,90,104)(H,91,105)(H,92,106)(H,93,111)(H,94,107)(H,100,101)(H,115,116)/t45-,46-,49-,50-,51-,52-,53-,54-,55-,56-,57-,58-,59-,60-,63-,64-/m0/s1. The van der Waals surface area contributed by atoms with E-state index in [1.165, 1.54) is 34.1 Å². The third-order valence-electron chi connectivity index (χ3n) is 20.4. The van der Waals surface area contributed by atoms with Crippen LogP contribution in [0.2, 0.25) is 0 Å². The number of aliphatic hydroxyl groups excluding tert-OH is 2. The van der Waals surface area contributed by atoms with Crippen molar-refractivity contribution >= 4 is 106 Å². The molecule has 14 amide bonds. The molecule has 2 aliphatic rings. The number of carboxylic acids is 2. The number of nitrogens with one attached hydrogen (secondary N) is 13. The zero-order chi connectivity index (χ0) is 87.3. The number of nitrogens with two attached hydrogens (primary N) is 2. The van der Waals surface area contributed by atoms with Crippen molar-refractivity contribution in [3.63, 3.8) is 0 Å². The molecule has 0 bridgehead atoms. The van der Waals surface area contributed by atoms with Crippen LogP contribution in [0.15, 0.2) is 42.9 Å². The summed E-state index contributed by atoms with van der Waals surface area (Å²) in [5, 5.41) is 71.1. The van der Waals surface area contributed by atoms with Gasteiger partial charge in [-0.3, -0.25) is 71.9 Å². The molecule has 21 N–H and O–H groups in total. The van der Waals surface area contributed by atoms with E-state index in [2.05, 4.69) is 73.8 Å². The lowest BCUT2D eigenvalue weighted by Gasteiger charge is -2.32. The smallest absolute Gasteiger partial charge is 0.326 e. The molecule has 16 atom stereocenters. The second-order valence-electron chi connectivity index (χ2n) is 31.3. The van der Waals surface area contributed by atoms with Crippen LogP contribution in [0.3, 0.4) is 0 Å². The number of aromatic amines is 1. The van der Waals surface area contributed by atoms with Crippen LogP contribution in [0.1, 0.15) is 170 Å². The van der Waals surface area contributed by atoms with Crippen LogP contribution in [0.25, 0.3) is 0 Å². The van der Waals surface area contributed by atoms with E-state index >= 15 is 0 Å². The van der Waals surface area contributed by atoms with Crippen LogP contribution in [0, 0.1) is 29.6 Å². The molecule has 2 saturated heterocycles. The van der Waals surface area contributed by atoms with E-state index < -0.39 is 217 Å². The molecular formula is C78H126N18O20S. The van der Waals surface area contributed by atoms with E-state index in [0.29, 0.717) is 55.5 Å². The maximum absolute atomic E-state index is 15.0. The summed E-state index contributed by atoms with van der Waals surface area (Å²) in [7, 11) is 0. The highest BCUT2D eigenvalue weighted by molar-refractivity contribution is 7.98. The van der Waals surface area contributed by atoms with Gasteiger partial charge >= 0.3 is 11.9 Å². The summed E-state index contributed by atoms with van der Waals surface area (Å²) in [6, 6.07) is -10.5. The maximum Gasteiger partial charge on any atom is 0.326 e. The minimum absolute atomic E-state index is 0.0259. The fourth-order valence-corrected chi connectivity index (χ4v) is 14.0. The van der Waals surface area contributed by atoms with Gasteiger partial charge in [0.15, 0.2) is 0 Å². The lowest BCUT2D eigenvalue weighted by molar-refractivity contribution is -0.143. The van der Waals surface area contributed by atoms with Crippen molar-refractivity contribution < 1.29 is 97.1 Å². The van der Waals surface area contributed by atoms with E-state index in [1.54, 1.807) is 106 Å². The molecule has 0 spiro atoms. The third-order valence-corrected chi connectivity index (χ3v) is 21.0. The quantitative estimate of drug-likeness (QED) is 0.0307. The Morgan fingerprint density at radius 1 is 0.521 bits per heavy atom. The van der Waals surface area contributed by atoms with Crippen LogP contribution < -0.4 is 75.3 Å². The fraction of sp³-hybridized carbons (Fsp3) is 0.679. The number of nitrogens with zero attached hydrogens (tertiary/aromatic N) is 3. The number of imidazole rings is 1. The van der Waals surface area contributed by atoms with Crippen molar-refractivity contribution in [1.29, 1.82) is 0 Å². The normalized spacial score (nSPS) is 17.6. The van der Waals surface area contributed by atoms with Crippen LogP contribution in [0.5, 0.6) is 0 Å². The van der Waals surface area contributed by atoms with E-state index in [-0.39, 0.29) is 95.2 Å². The second kappa shape index (κ2) is 50.7. The second-order valence-corrected chi connectivity index (χ2v) is 32.3. The van der Waals surface area contributed by atoms with Gasteiger partial charge in [0.25, 0.3) is 0 Å². The van der Waals surface area contributed by atoms with Gasteiger partial charge in [0.1, 0.15) is 78.5 Å². The number of hydrogen-bond donors (Lipinski definition) is 19. The molecule has 2 aliphatic heterocycles. The van der Waals surface area contributed by atoms with Crippen LogP contribution in [-0.2, 0) is 89.6 Å². The Hall–Kier alpha value is -9.86. The molecule has 654 valence electrons. The van der Waals surface area contributed by atoms with E-state index in [0.717, 1.165) is 0 Å². The van der Waals surface area contributed by atoms with Gasteiger partial charge in [-0.15, -0.1) is 0 Å². The molecule has 2 aromatic rings. The largest absolute Gasteiger partial charge is 0.481 e. The molecule has 0 saturated carbocycles. The zero-order valence-corrected chi connectivity index (χ0v) is 69.8. The predicted octanol–water partition coefficient (Wildman–Crippen LogP) is -2.39. The molecular weight excluding hydrogens is 1540 g/mol. The summed E-state index contributed by atoms with van der Waals surface area (Å²) >= 11 is 1.37. The van der Waals surface area contributed by atoms with Gasteiger partial charge in [0.05, 0.1) is 38.5 Å². The van der Waals surface area contributed by atoms with Gasteiger partial charge in [0, 0.05) is 37.8 Å². The first-order valence-corrected chi connectivity index (χ1v) is 41.7. The van der Waals surface area contributed by atoms with Crippen molar-refractivity contribution in [2.75, 3.05) is 51.4 Å². The fourth-order valence-electron chi connectivity index (χ4n) is 13.5. The van der Waals surface area contributed by atoms with Crippen molar-refractivity contribution in [2.45, 2.75) is 257 Å². The number of aliphatic hydroxyl groups is 2. The molecule has 0 aliphatic carbocycles. The van der Waals surface area contributed by atoms with Gasteiger partial charge in [0.2, 0.25) is 82.7 Å². The summed E-state index contributed by atoms with van der Waals surface area (Å²) in [6.07, 6.45) is 6.20. The summed E-state index contributed by atoms with van der Waals surface area (Å²) in [5.74, 6) is -15.8. The van der Waals surface area contributed by atoms with Crippen molar-refractivity contribution in [2.24, 2.45) is 41.1 Å². The average Bonchev–Trinajstić information content (AvgIpc) is 1.80. The first-order chi connectivity index (χ1) is 55.4. The summed E-state index contributed by atoms with van der Waals surface area (Å²) < 4.78 is 0. The number of aliphatic carboxylic acids is 2. The number of carbonyl (C=O) groups is 16. The van der Waals surface area contributed by atoms with Crippen molar-refractivity contribution in [1.82, 2.24) is 83.6 Å². The Morgan fingerprint density at radius 2 is 0.983 bits per heavy atom. The molecule has 3 heterocycles. The Kier molecular flexibility index (Phi) is 43.1. The zero-order valence-electron chi connectivity index (χ0n) is 69.0. The highest BCUT2D eigenvalue weighted by Crippen LogP contribution is 2.25. The molecule has 2 fully saturated rings. The molecule has 117 heavy (non-hydrogen) atoms. The summed E-state index contributed by atoms with van der Waals surface area (Å²) in [6.45, 7) is 15.2. The number of carboxylic acid groups (broad SMARTS) is 2. The van der Waals surface area contributed by atoms with Gasteiger partial charge < -0.3 is 110 Å². The van der Waals surface area contributed by atoms with Crippen molar-refractivity contribution in [3.8, 4) is 0 Å². The lowest BCUT2D eigenvalue weighted by atomic mass is 9.96. The maximum atomic E-state index is 15.0. The Bertz CT molecular complexity index is 3630. The molecule has 38 nitrogen and oxygen atoms in total. The van der Waals surface area contributed by atoms with Gasteiger partial charge in [-0.2, -0.15) is 11.8 Å². The number of unbranched alkanes of at least 4 members (excludes halogenated alkanes) is 1. The Labute approximate surface area is 687 Å². The minimum Gasteiger partial charge on any atom is -0.481 e. The number of carbonyl (C=O) groups excluding carboxylic acids is 14.